The summed E-state index contributed by atoms with van der Waals surface area (Å²) in [7, 11) is 0. The van der Waals surface area contributed by atoms with Gasteiger partial charge in [0.15, 0.2) is 0 Å². The third kappa shape index (κ3) is 8.97. The number of carbonyl (C=O) groups is 1. The third-order valence-electron chi connectivity index (χ3n) is 7.86. The first-order chi connectivity index (χ1) is 20.5. The van der Waals surface area contributed by atoms with Gasteiger partial charge in [-0.3, -0.25) is 9.69 Å². The van der Waals surface area contributed by atoms with E-state index in [0.29, 0.717) is 25.0 Å². The van der Waals surface area contributed by atoms with E-state index in [-0.39, 0.29) is 12.0 Å². The van der Waals surface area contributed by atoms with Crippen molar-refractivity contribution in [1.29, 1.82) is 0 Å². The number of rotatable bonds is 14. The molecule has 6 nitrogen and oxygen atoms in total. The molecular formula is C35H46N4O2S2. The molecule has 8 heteroatoms. The lowest BCUT2D eigenvalue weighted by Gasteiger charge is -2.30. The molecule has 0 radical (unpaired) electrons. The van der Waals surface area contributed by atoms with Gasteiger partial charge in [-0.2, -0.15) is 0 Å². The first kappa shape index (κ1) is 32.8. The van der Waals surface area contributed by atoms with E-state index in [1.807, 2.05) is 4.90 Å². The maximum atomic E-state index is 11.6. The summed E-state index contributed by atoms with van der Waals surface area (Å²) in [6, 6.07) is 18.2. The second-order valence-corrected chi connectivity index (χ2v) is 14.5. The molecule has 0 aliphatic heterocycles. The molecule has 4 aromatic rings. The molecule has 0 aliphatic rings. The van der Waals surface area contributed by atoms with Crippen molar-refractivity contribution in [1.82, 2.24) is 14.9 Å². The van der Waals surface area contributed by atoms with Crippen molar-refractivity contribution >= 4 is 34.3 Å². The number of benzene rings is 2. The van der Waals surface area contributed by atoms with E-state index in [1.165, 1.54) is 29.7 Å². The number of thiazole rings is 2. The van der Waals surface area contributed by atoms with Gasteiger partial charge in [0, 0.05) is 40.0 Å². The van der Waals surface area contributed by atoms with Crippen LogP contribution in [0.25, 0.3) is 11.3 Å². The number of anilines is 1. The standard InChI is InChI=1S/C35H46N4O2S2/c1-8-26(9-2)27-14-16-29(17-15-27)39(24(3)4)18-25-10-12-28(13-11-25)30-22-42-32(36-30)19-38(21-34(40)41)20-33-37-31(23-43-33)35(5,6)7/h10-17,22-24,26H,8-9,18-21H2,1-7H3,(H,40,41). The third-order valence-corrected chi connectivity index (χ3v) is 9.52. The summed E-state index contributed by atoms with van der Waals surface area (Å²) in [4.78, 5) is 25.6. The Morgan fingerprint density at radius 3 is 2.00 bits per heavy atom. The Morgan fingerprint density at radius 2 is 1.47 bits per heavy atom. The zero-order chi connectivity index (χ0) is 31.1. The Morgan fingerprint density at radius 1 is 0.860 bits per heavy atom. The largest absolute Gasteiger partial charge is 0.480 e. The maximum Gasteiger partial charge on any atom is 0.317 e. The SMILES string of the molecule is CCC(CC)c1ccc(N(Cc2ccc(-c3csc(CN(CC(=O)O)Cc4nc(C(C)(C)C)cs4)n3)cc2)C(C)C)cc1. The van der Waals surface area contributed by atoms with Gasteiger partial charge in [-0.15, -0.1) is 22.7 Å². The number of hydrogen-bond donors (Lipinski definition) is 1. The van der Waals surface area contributed by atoms with E-state index >= 15 is 0 Å². The molecule has 2 heterocycles. The predicted octanol–water partition coefficient (Wildman–Crippen LogP) is 8.97. The molecule has 0 saturated heterocycles. The molecule has 0 atom stereocenters. The van der Waals surface area contributed by atoms with E-state index < -0.39 is 5.97 Å². The first-order valence-electron chi connectivity index (χ1n) is 15.3. The molecule has 230 valence electrons. The minimum Gasteiger partial charge on any atom is -0.480 e. The molecule has 0 spiro atoms. The van der Waals surface area contributed by atoms with Gasteiger partial charge in [0.25, 0.3) is 0 Å². The first-order valence-corrected chi connectivity index (χ1v) is 17.0. The smallest absolute Gasteiger partial charge is 0.317 e. The normalized spacial score (nSPS) is 12.0. The lowest BCUT2D eigenvalue weighted by molar-refractivity contribution is -0.138. The van der Waals surface area contributed by atoms with Gasteiger partial charge < -0.3 is 10.0 Å². The molecule has 4 rings (SSSR count). The van der Waals surface area contributed by atoms with Crippen LogP contribution in [0.1, 0.15) is 94.1 Å². The van der Waals surface area contributed by atoms with Gasteiger partial charge in [-0.25, -0.2) is 9.97 Å². The fraction of sp³-hybridized carbons (Fsp3) is 0.457. The summed E-state index contributed by atoms with van der Waals surface area (Å²) in [5, 5.41) is 15.5. The van der Waals surface area contributed by atoms with Crippen molar-refractivity contribution in [3.8, 4) is 11.3 Å². The van der Waals surface area contributed by atoms with E-state index in [4.69, 9.17) is 9.97 Å². The molecule has 0 bridgehead atoms. The number of carboxylic acids is 1. The summed E-state index contributed by atoms with van der Waals surface area (Å²) >= 11 is 3.16. The van der Waals surface area contributed by atoms with Crippen molar-refractivity contribution in [2.75, 3.05) is 11.4 Å². The molecular weight excluding hydrogens is 573 g/mol. The van der Waals surface area contributed by atoms with Gasteiger partial charge in [-0.05, 0) is 55.9 Å². The van der Waals surface area contributed by atoms with Crippen molar-refractivity contribution < 1.29 is 9.90 Å². The molecule has 43 heavy (non-hydrogen) atoms. The topological polar surface area (TPSA) is 69.6 Å². The molecule has 0 unspecified atom stereocenters. The highest BCUT2D eigenvalue weighted by atomic mass is 32.1. The summed E-state index contributed by atoms with van der Waals surface area (Å²) in [5.41, 5.74) is 6.92. The number of aromatic nitrogens is 2. The van der Waals surface area contributed by atoms with E-state index in [1.54, 1.807) is 22.7 Å². The Kier molecular flexibility index (Phi) is 11.2. The van der Waals surface area contributed by atoms with Crippen molar-refractivity contribution in [2.24, 2.45) is 0 Å². The average Bonchev–Trinajstić information content (AvgIpc) is 3.63. The summed E-state index contributed by atoms with van der Waals surface area (Å²) in [6.45, 7) is 17.2. The molecule has 0 saturated carbocycles. The fourth-order valence-electron chi connectivity index (χ4n) is 5.23. The van der Waals surface area contributed by atoms with Crippen LogP contribution in [-0.4, -0.2) is 38.5 Å². The van der Waals surface area contributed by atoms with Gasteiger partial charge in [0.2, 0.25) is 0 Å². The second-order valence-electron chi connectivity index (χ2n) is 12.6. The lowest BCUT2D eigenvalue weighted by atomic mass is 9.93. The molecule has 0 aliphatic carbocycles. The lowest BCUT2D eigenvalue weighted by Crippen LogP contribution is -2.30. The van der Waals surface area contributed by atoms with Crippen molar-refractivity contribution in [3.63, 3.8) is 0 Å². The highest BCUT2D eigenvalue weighted by molar-refractivity contribution is 7.10. The molecule has 1 N–H and O–H groups in total. The van der Waals surface area contributed by atoms with Crippen LogP contribution in [0.4, 0.5) is 5.69 Å². The molecule has 2 aromatic heterocycles. The number of nitrogens with zero attached hydrogens (tertiary/aromatic N) is 4. The van der Waals surface area contributed by atoms with Crippen molar-refractivity contribution in [3.05, 3.63) is 86.1 Å². The minimum atomic E-state index is -0.850. The Labute approximate surface area is 265 Å². The van der Waals surface area contributed by atoms with Crippen LogP contribution in [0.15, 0.2) is 59.3 Å². The summed E-state index contributed by atoms with van der Waals surface area (Å²) in [5.74, 6) is -0.224. The summed E-state index contributed by atoms with van der Waals surface area (Å²) < 4.78 is 0. The van der Waals surface area contributed by atoms with E-state index in [9.17, 15) is 9.90 Å². The monoisotopic (exact) mass is 618 g/mol. The van der Waals surface area contributed by atoms with Gasteiger partial charge >= 0.3 is 5.97 Å². The van der Waals surface area contributed by atoms with E-state index in [0.717, 1.165) is 33.5 Å². The Balaban J connectivity index is 1.42. The molecule has 0 amide bonds. The predicted molar refractivity (Wildman–Crippen MR) is 181 cm³/mol. The number of aliphatic carboxylic acids is 1. The fourth-order valence-corrected chi connectivity index (χ4v) is 7.14. The van der Waals surface area contributed by atoms with Crippen LogP contribution in [-0.2, 0) is 29.8 Å². The highest BCUT2D eigenvalue weighted by Gasteiger charge is 2.20. The number of carboxylic acid groups (broad SMARTS) is 1. The van der Waals surface area contributed by atoms with Gasteiger partial charge in [-0.1, -0.05) is 71.0 Å². The highest BCUT2D eigenvalue weighted by Crippen LogP contribution is 2.29. The van der Waals surface area contributed by atoms with Crippen LogP contribution < -0.4 is 4.90 Å². The molecule has 0 fully saturated rings. The van der Waals surface area contributed by atoms with Crippen molar-refractivity contribution in [2.45, 2.75) is 98.3 Å². The quantitative estimate of drug-likeness (QED) is 0.152. The van der Waals surface area contributed by atoms with Crippen LogP contribution >= 0.6 is 22.7 Å². The second kappa shape index (κ2) is 14.6. The van der Waals surface area contributed by atoms with Crippen LogP contribution in [0.5, 0.6) is 0 Å². The zero-order valence-corrected chi connectivity index (χ0v) is 28.3. The average molecular weight is 619 g/mol. The van der Waals surface area contributed by atoms with Crippen LogP contribution in [0.2, 0.25) is 0 Å². The van der Waals surface area contributed by atoms with Crippen LogP contribution in [0, 0.1) is 0 Å². The molecule has 2 aromatic carbocycles. The van der Waals surface area contributed by atoms with Gasteiger partial charge in [0.1, 0.15) is 10.0 Å². The minimum absolute atomic E-state index is 0.0303. The number of hydrogen-bond acceptors (Lipinski definition) is 7. The van der Waals surface area contributed by atoms with Gasteiger partial charge in [0.05, 0.1) is 31.0 Å². The Bertz CT molecular complexity index is 1450. The maximum absolute atomic E-state index is 11.6. The van der Waals surface area contributed by atoms with E-state index in [2.05, 4.69) is 113 Å². The zero-order valence-electron chi connectivity index (χ0n) is 26.6. The summed E-state index contributed by atoms with van der Waals surface area (Å²) in [6.07, 6.45) is 2.34. The Hall–Kier alpha value is -3.07. The van der Waals surface area contributed by atoms with Crippen LogP contribution in [0.3, 0.4) is 0 Å².